The van der Waals surface area contributed by atoms with Gasteiger partial charge in [-0.25, -0.2) is 14.6 Å². The van der Waals surface area contributed by atoms with E-state index in [0.29, 0.717) is 32.7 Å². The van der Waals surface area contributed by atoms with Gasteiger partial charge in [0.1, 0.15) is 27.7 Å². The number of rotatable bonds is 6. The molecule has 0 aliphatic carbocycles. The molecule has 2 heterocycles. The molecule has 2 aromatic carbocycles. The monoisotopic (exact) mass is 474 g/mol. The average molecular weight is 475 g/mol. The molecule has 0 aliphatic heterocycles. The van der Waals surface area contributed by atoms with E-state index in [1.54, 1.807) is 54.7 Å². The summed E-state index contributed by atoms with van der Waals surface area (Å²) >= 11 is 11.8. The van der Waals surface area contributed by atoms with Gasteiger partial charge in [-0.2, -0.15) is 0 Å². The first kappa shape index (κ1) is 23.1. The van der Waals surface area contributed by atoms with Crippen LogP contribution < -0.4 is 9.47 Å². The molecule has 0 unspecified atom stereocenters. The molecule has 0 saturated carbocycles. The number of aliphatic carboxylic acids is 2. The summed E-state index contributed by atoms with van der Waals surface area (Å²) in [5.41, 5.74) is 1.13. The number of ether oxygens (including phenoxy) is 2. The number of hydrogen-bond acceptors (Lipinski definition) is 6. The number of hydrogen-bond donors (Lipinski definition) is 2. The minimum atomic E-state index is -1.03. The summed E-state index contributed by atoms with van der Waals surface area (Å²) in [6.07, 6.45) is 1.60. The Morgan fingerprint density at radius 2 is 1.50 bits per heavy atom. The molecular weight excluding hydrogens is 459 g/mol. The Bertz CT molecular complexity index is 1260. The van der Waals surface area contributed by atoms with Gasteiger partial charge < -0.3 is 19.7 Å². The molecular formula is C22H16Cl2N2O6. The van der Waals surface area contributed by atoms with Crippen LogP contribution in [0.1, 0.15) is 0 Å². The maximum atomic E-state index is 10.4. The van der Waals surface area contributed by atoms with E-state index in [4.69, 9.17) is 42.9 Å². The first-order valence-corrected chi connectivity index (χ1v) is 9.88. The molecule has 0 fully saturated rings. The lowest BCUT2D eigenvalue weighted by Gasteiger charge is -2.07. The van der Waals surface area contributed by atoms with Crippen LogP contribution in [-0.4, -0.2) is 45.3 Å². The molecule has 2 N–H and O–H groups in total. The van der Waals surface area contributed by atoms with Crippen LogP contribution in [-0.2, 0) is 9.59 Å². The van der Waals surface area contributed by atoms with Crippen LogP contribution in [0.15, 0.2) is 60.8 Å². The predicted octanol–water partition coefficient (Wildman–Crippen LogP) is 4.70. The largest absolute Gasteiger partial charge is 0.480 e. The third-order valence-corrected chi connectivity index (χ3v) is 4.57. The summed E-state index contributed by atoms with van der Waals surface area (Å²) in [7, 11) is 0. The van der Waals surface area contributed by atoms with Gasteiger partial charge in [-0.05, 0) is 42.5 Å². The van der Waals surface area contributed by atoms with E-state index in [9.17, 15) is 9.59 Å². The molecule has 0 spiro atoms. The summed E-state index contributed by atoms with van der Waals surface area (Å²) < 4.78 is 10.2. The maximum absolute atomic E-state index is 10.4. The predicted molar refractivity (Wildman–Crippen MR) is 120 cm³/mol. The molecule has 0 saturated heterocycles. The third kappa shape index (κ3) is 5.96. The fourth-order valence-corrected chi connectivity index (χ4v) is 3.08. The fraction of sp³-hybridized carbons (Fsp3) is 0.0909. The van der Waals surface area contributed by atoms with Gasteiger partial charge in [0, 0.05) is 17.0 Å². The van der Waals surface area contributed by atoms with E-state index in [-0.39, 0.29) is 0 Å². The molecule has 2 aromatic heterocycles. The van der Waals surface area contributed by atoms with Crippen LogP contribution in [0.5, 0.6) is 11.5 Å². The quantitative estimate of drug-likeness (QED) is 0.385. The van der Waals surface area contributed by atoms with Gasteiger partial charge in [0.05, 0.1) is 5.02 Å². The molecule has 164 valence electrons. The number of carboxylic acid groups (broad SMARTS) is 2. The number of nitrogens with zero attached hydrogens (tertiary/aromatic N) is 2. The molecule has 4 aromatic rings. The SMILES string of the molecule is O=C(O)COc1ccc(Cl)c2cccnc12.O=C(O)COc1cccc2ccc(Cl)nc12. The molecule has 4 rings (SSSR count). The fourth-order valence-electron chi connectivity index (χ4n) is 2.72. The van der Waals surface area contributed by atoms with Crippen molar-refractivity contribution in [1.29, 1.82) is 0 Å². The van der Waals surface area contributed by atoms with Crippen molar-refractivity contribution in [2.45, 2.75) is 0 Å². The number of carbonyl (C=O) groups is 2. The second-order valence-electron chi connectivity index (χ2n) is 6.27. The molecule has 0 radical (unpaired) electrons. The first-order valence-electron chi connectivity index (χ1n) is 9.13. The van der Waals surface area contributed by atoms with Crippen molar-refractivity contribution in [3.63, 3.8) is 0 Å². The van der Waals surface area contributed by atoms with Crippen molar-refractivity contribution >= 4 is 56.9 Å². The van der Waals surface area contributed by atoms with Crippen LogP contribution >= 0.6 is 23.2 Å². The van der Waals surface area contributed by atoms with Crippen molar-refractivity contribution in [3.8, 4) is 11.5 Å². The molecule has 10 heteroatoms. The second kappa shape index (κ2) is 10.6. The van der Waals surface area contributed by atoms with Gasteiger partial charge in [0.15, 0.2) is 13.2 Å². The highest BCUT2D eigenvalue weighted by molar-refractivity contribution is 6.35. The van der Waals surface area contributed by atoms with E-state index in [2.05, 4.69) is 9.97 Å². The lowest BCUT2D eigenvalue weighted by atomic mass is 10.2. The van der Waals surface area contributed by atoms with Crippen molar-refractivity contribution in [2.24, 2.45) is 0 Å². The lowest BCUT2D eigenvalue weighted by molar-refractivity contribution is -0.140. The second-order valence-corrected chi connectivity index (χ2v) is 7.07. The van der Waals surface area contributed by atoms with Crippen LogP contribution in [0.25, 0.3) is 21.8 Å². The molecule has 0 bridgehead atoms. The topological polar surface area (TPSA) is 119 Å². The highest BCUT2D eigenvalue weighted by atomic mass is 35.5. The zero-order chi connectivity index (χ0) is 23.1. The standard InChI is InChI=1S/2C11H8ClNO3/c12-8-3-4-9(16-6-10(14)15)11-7(8)2-1-5-13-11;12-9-5-4-7-2-1-3-8(11(7)13-9)16-6-10(14)15/h2*1-5H,6H2,(H,14,15). The minimum absolute atomic E-state index is 0.346. The molecule has 8 nitrogen and oxygen atoms in total. The smallest absolute Gasteiger partial charge is 0.341 e. The van der Waals surface area contributed by atoms with Gasteiger partial charge >= 0.3 is 11.9 Å². The third-order valence-electron chi connectivity index (χ3n) is 4.03. The number of halogens is 2. The number of carboxylic acids is 2. The Morgan fingerprint density at radius 1 is 0.812 bits per heavy atom. The van der Waals surface area contributed by atoms with Gasteiger partial charge in [0.25, 0.3) is 0 Å². The molecule has 0 amide bonds. The lowest BCUT2D eigenvalue weighted by Crippen LogP contribution is -2.09. The molecule has 0 aliphatic rings. The van der Waals surface area contributed by atoms with Crippen LogP contribution in [0.2, 0.25) is 10.2 Å². The summed E-state index contributed by atoms with van der Waals surface area (Å²) in [5, 5.41) is 19.6. The van der Waals surface area contributed by atoms with Crippen LogP contribution in [0, 0.1) is 0 Å². The van der Waals surface area contributed by atoms with E-state index >= 15 is 0 Å². The minimum Gasteiger partial charge on any atom is -0.480 e. The van der Waals surface area contributed by atoms with Crippen LogP contribution in [0.4, 0.5) is 0 Å². The van der Waals surface area contributed by atoms with Crippen molar-refractivity contribution in [1.82, 2.24) is 9.97 Å². The number of aromatic nitrogens is 2. The zero-order valence-electron chi connectivity index (χ0n) is 16.4. The van der Waals surface area contributed by atoms with Crippen LogP contribution in [0.3, 0.4) is 0 Å². The van der Waals surface area contributed by atoms with Gasteiger partial charge in [-0.15, -0.1) is 0 Å². The normalized spacial score (nSPS) is 10.3. The van der Waals surface area contributed by atoms with Gasteiger partial charge in [0.2, 0.25) is 0 Å². The van der Waals surface area contributed by atoms with E-state index < -0.39 is 25.2 Å². The summed E-state index contributed by atoms with van der Waals surface area (Å²) in [5.74, 6) is -1.22. The van der Waals surface area contributed by atoms with E-state index in [1.165, 1.54) is 0 Å². The highest BCUT2D eigenvalue weighted by Gasteiger charge is 2.08. The van der Waals surface area contributed by atoms with Gasteiger partial charge in [-0.3, -0.25) is 4.98 Å². The van der Waals surface area contributed by atoms with Crippen molar-refractivity contribution in [2.75, 3.05) is 13.2 Å². The Morgan fingerprint density at radius 3 is 2.19 bits per heavy atom. The van der Waals surface area contributed by atoms with Crippen molar-refractivity contribution < 1.29 is 29.3 Å². The number of benzene rings is 2. The number of para-hydroxylation sites is 1. The summed E-state index contributed by atoms with van der Waals surface area (Å²) in [6.45, 7) is -0.791. The highest BCUT2D eigenvalue weighted by Crippen LogP contribution is 2.29. The van der Waals surface area contributed by atoms with Crippen molar-refractivity contribution in [3.05, 3.63) is 71.0 Å². The zero-order valence-corrected chi connectivity index (χ0v) is 17.9. The van der Waals surface area contributed by atoms with E-state index in [1.807, 2.05) is 6.07 Å². The Hall–Kier alpha value is -3.62. The first-order chi connectivity index (χ1) is 15.3. The Kier molecular flexibility index (Phi) is 7.64. The summed E-state index contributed by atoms with van der Waals surface area (Å²) in [4.78, 5) is 29.0. The maximum Gasteiger partial charge on any atom is 0.341 e. The van der Waals surface area contributed by atoms with Gasteiger partial charge in [-0.1, -0.05) is 35.3 Å². The van der Waals surface area contributed by atoms with E-state index in [0.717, 1.165) is 10.8 Å². The molecule has 32 heavy (non-hydrogen) atoms. The molecule has 0 atom stereocenters. The Balaban J connectivity index is 0.000000181. The number of fused-ring (bicyclic) bond motifs is 2. The average Bonchev–Trinajstić information content (AvgIpc) is 2.78. The summed E-state index contributed by atoms with van der Waals surface area (Å²) in [6, 6.07) is 15.6. The Labute approximate surface area is 192 Å². The number of pyridine rings is 2.